The summed E-state index contributed by atoms with van der Waals surface area (Å²) in [7, 11) is 1.72. The lowest BCUT2D eigenvalue weighted by Crippen LogP contribution is -2.50. The monoisotopic (exact) mass is 372 g/mol. The average molecular weight is 373 g/mol. The molecular formula is C21H25ClN2O2. The number of benzene rings is 2. The second-order valence-electron chi connectivity index (χ2n) is 6.85. The van der Waals surface area contributed by atoms with Crippen LogP contribution in [0.15, 0.2) is 48.5 Å². The summed E-state index contributed by atoms with van der Waals surface area (Å²) >= 11 is 6.19. The van der Waals surface area contributed by atoms with Crippen LogP contribution in [0.2, 0.25) is 5.02 Å². The van der Waals surface area contributed by atoms with E-state index in [0.29, 0.717) is 17.1 Å². The Bertz CT molecular complexity index is 789. The molecule has 0 bridgehead atoms. The summed E-state index contributed by atoms with van der Waals surface area (Å²) in [5, 5.41) is 3.50. The van der Waals surface area contributed by atoms with Crippen LogP contribution in [-0.2, 0) is 11.3 Å². The van der Waals surface area contributed by atoms with Gasteiger partial charge in [-0.15, -0.1) is 0 Å². The third kappa shape index (κ3) is 5.09. The third-order valence-electron chi connectivity index (χ3n) is 4.24. The average Bonchev–Trinajstić information content (AvgIpc) is 2.60. The molecule has 0 aromatic heterocycles. The molecule has 4 nitrogen and oxygen atoms in total. The summed E-state index contributed by atoms with van der Waals surface area (Å²) in [5.41, 5.74) is 2.43. The van der Waals surface area contributed by atoms with Crippen molar-refractivity contribution in [1.29, 1.82) is 0 Å². The Hall–Kier alpha value is -2.33. The van der Waals surface area contributed by atoms with E-state index >= 15 is 0 Å². The van der Waals surface area contributed by atoms with Gasteiger partial charge in [0.25, 0.3) is 5.91 Å². The normalized spacial score (nSPS) is 11.9. The fourth-order valence-electron chi connectivity index (χ4n) is 2.72. The summed E-state index contributed by atoms with van der Waals surface area (Å²) in [4.78, 5) is 27.1. The maximum Gasteiger partial charge on any atom is 0.251 e. The van der Waals surface area contributed by atoms with Gasteiger partial charge in [-0.25, -0.2) is 0 Å². The van der Waals surface area contributed by atoms with Crippen LogP contribution >= 0.6 is 11.6 Å². The number of nitrogens with one attached hydrogen (secondary N) is 1. The van der Waals surface area contributed by atoms with Gasteiger partial charge in [0, 0.05) is 24.2 Å². The maximum absolute atomic E-state index is 12.9. The first-order chi connectivity index (χ1) is 12.3. The molecule has 2 rings (SSSR count). The predicted octanol–water partition coefficient (Wildman–Crippen LogP) is 4.06. The summed E-state index contributed by atoms with van der Waals surface area (Å²) in [5.74, 6) is -0.419. The SMILES string of the molecule is Cc1cccc(C(=O)NC(C(=O)N(C)Cc2ccccc2Cl)C(C)C)c1. The molecule has 1 N–H and O–H groups in total. The first kappa shape index (κ1) is 20.0. The molecule has 0 saturated heterocycles. The van der Waals surface area contributed by atoms with E-state index in [4.69, 9.17) is 11.6 Å². The largest absolute Gasteiger partial charge is 0.340 e. The topological polar surface area (TPSA) is 49.4 Å². The molecule has 1 unspecified atom stereocenters. The van der Waals surface area contributed by atoms with E-state index < -0.39 is 6.04 Å². The number of hydrogen-bond acceptors (Lipinski definition) is 2. The predicted molar refractivity (Wildman–Crippen MR) is 105 cm³/mol. The molecule has 0 aliphatic carbocycles. The van der Waals surface area contributed by atoms with Crippen molar-refractivity contribution in [2.75, 3.05) is 7.05 Å². The highest BCUT2D eigenvalue weighted by Gasteiger charge is 2.27. The van der Waals surface area contributed by atoms with Crippen LogP contribution in [0.3, 0.4) is 0 Å². The van der Waals surface area contributed by atoms with E-state index in [1.807, 2.05) is 57.2 Å². The fourth-order valence-corrected chi connectivity index (χ4v) is 2.92. The number of nitrogens with zero attached hydrogens (tertiary/aromatic N) is 1. The van der Waals surface area contributed by atoms with E-state index in [2.05, 4.69) is 5.32 Å². The van der Waals surface area contributed by atoms with Crippen LogP contribution in [0.5, 0.6) is 0 Å². The number of rotatable bonds is 6. The zero-order valence-electron chi connectivity index (χ0n) is 15.6. The van der Waals surface area contributed by atoms with Gasteiger partial charge >= 0.3 is 0 Å². The quantitative estimate of drug-likeness (QED) is 0.831. The Morgan fingerprint density at radius 1 is 1.12 bits per heavy atom. The molecule has 1 atom stereocenters. The van der Waals surface area contributed by atoms with Crippen molar-refractivity contribution in [3.05, 3.63) is 70.2 Å². The Morgan fingerprint density at radius 3 is 2.42 bits per heavy atom. The molecule has 0 heterocycles. The number of likely N-dealkylation sites (N-methyl/N-ethyl adjacent to an activating group) is 1. The van der Waals surface area contributed by atoms with Crippen LogP contribution in [0, 0.1) is 12.8 Å². The number of hydrogen-bond donors (Lipinski definition) is 1. The van der Waals surface area contributed by atoms with Gasteiger partial charge in [0.15, 0.2) is 0 Å². The van der Waals surface area contributed by atoms with Crippen LogP contribution in [-0.4, -0.2) is 29.8 Å². The minimum absolute atomic E-state index is 0.0371. The number of carbonyl (C=O) groups excluding carboxylic acids is 2. The lowest BCUT2D eigenvalue weighted by atomic mass is 10.0. The van der Waals surface area contributed by atoms with Crippen molar-refractivity contribution in [2.24, 2.45) is 5.92 Å². The van der Waals surface area contributed by atoms with Crippen LogP contribution < -0.4 is 5.32 Å². The molecule has 0 aliphatic heterocycles. The lowest BCUT2D eigenvalue weighted by Gasteiger charge is -2.27. The van der Waals surface area contributed by atoms with Crippen molar-refractivity contribution in [2.45, 2.75) is 33.4 Å². The van der Waals surface area contributed by atoms with E-state index in [-0.39, 0.29) is 17.7 Å². The maximum atomic E-state index is 12.9. The van der Waals surface area contributed by atoms with E-state index in [1.165, 1.54) is 0 Å². The minimum Gasteiger partial charge on any atom is -0.340 e. The zero-order valence-corrected chi connectivity index (χ0v) is 16.4. The minimum atomic E-state index is -0.601. The van der Waals surface area contributed by atoms with E-state index in [9.17, 15) is 9.59 Å². The van der Waals surface area contributed by atoms with Gasteiger partial charge in [0.05, 0.1) is 0 Å². The summed E-state index contributed by atoms with van der Waals surface area (Å²) in [6.45, 7) is 6.16. The smallest absolute Gasteiger partial charge is 0.251 e. The van der Waals surface area contributed by atoms with Crippen LogP contribution in [0.25, 0.3) is 0 Å². The number of carbonyl (C=O) groups is 2. The van der Waals surface area contributed by atoms with Crippen molar-refractivity contribution in [1.82, 2.24) is 10.2 Å². The van der Waals surface area contributed by atoms with Crippen molar-refractivity contribution < 1.29 is 9.59 Å². The van der Waals surface area contributed by atoms with Crippen LogP contribution in [0.1, 0.15) is 35.3 Å². The molecule has 0 radical (unpaired) electrons. The van der Waals surface area contributed by atoms with Crippen molar-refractivity contribution in [3.63, 3.8) is 0 Å². The Morgan fingerprint density at radius 2 is 1.81 bits per heavy atom. The Kier molecular flexibility index (Phi) is 6.81. The number of amides is 2. The van der Waals surface area contributed by atoms with Gasteiger partial charge in [-0.05, 0) is 36.6 Å². The summed E-state index contributed by atoms with van der Waals surface area (Å²) < 4.78 is 0. The highest BCUT2D eigenvalue weighted by atomic mass is 35.5. The third-order valence-corrected chi connectivity index (χ3v) is 4.61. The standard InChI is InChI=1S/C21H25ClN2O2/c1-14(2)19(23-20(25)16-10-7-8-15(3)12-16)21(26)24(4)13-17-9-5-6-11-18(17)22/h5-12,14,19H,13H2,1-4H3,(H,23,25). The number of aryl methyl sites for hydroxylation is 1. The molecule has 0 spiro atoms. The molecular weight excluding hydrogens is 348 g/mol. The molecule has 0 aliphatic rings. The highest BCUT2D eigenvalue weighted by Crippen LogP contribution is 2.18. The van der Waals surface area contributed by atoms with Gasteiger partial charge in [0.1, 0.15) is 6.04 Å². The molecule has 0 fully saturated rings. The second kappa shape index (κ2) is 8.86. The second-order valence-corrected chi connectivity index (χ2v) is 7.26. The van der Waals surface area contributed by atoms with Gasteiger partial charge in [0.2, 0.25) is 5.91 Å². The molecule has 2 aromatic rings. The van der Waals surface area contributed by atoms with E-state index in [1.54, 1.807) is 24.1 Å². The van der Waals surface area contributed by atoms with Gasteiger partial charge in [-0.3, -0.25) is 9.59 Å². The van der Waals surface area contributed by atoms with Gasteiger partial charge in [-0.2, -0.15) is 0 Å². The van der Waals surface area contributed by atoms with Crippen LogP contribution in [0.4, 0.5) is 0 Å². The first-order valence-electron chi connectivity index (χ1n) is 8.65. The zero-order chi connectivity index (χ0) is 19.3. The number of halogens is 1. The molecule has 138 valence electrons. The van der Waals surface area contributed by atoms with Crippen molar-refractivity contribution in [3.8, 4) is 0 Å². The van der Waals surface area contributed by atoms with Gasteiger partial charge in [-0.1, -0.05) is 61.3 Å². The fraction of sp³-hybridized carbons (Fsp3) is 0.333. The van der Waals surface area contributed by atoms with Gasteiger partial charge < -0.3 is 10.2 Å². The molecule has 2 aromatic carbocycles. The Labute approximate surface area is 160 Å². The highest BCUT2D eigenvalue weighted by molar-refractivity contribution is 6.31. The lowest BCUT2D eigenvalue weighted by molar-refractivity contribution is -0.133. The molecule has 0 saturated carbocycles. The molecule has 2 amide bonds. The summed E-state index contributed by atoms with van der Waals surface area (Å²) in [6.07, 6.45) is 0. The summed E-state index contributed by atoms with van der Waals surface area (Å²) in [6, 6.07) is 14.2. The molecule has 26 heavy (non-hydrogen) atoms. The Balaban J connectivity index is 2.11. The van der Waals surface area contributed by atoms with Crippen molar-refractivity contribution >= 4 is 23.4 Å². The first-order valence-corrected chi connectivity index (χ1v) is 9.03. The van der Waals surface area contributed by atoms with E-state index in [0.717, 1.165) is 11.1 Å². The molecule has 5 heteroatoms.